The molecule has 0 radical (unpaired) electrons. The van der Waals surface area contributed by atoms with Gasteiger partial charge in [0.25, 0.3) is 0 Å². The summed E-state index contributed by atoms with van der Waals surface area (Å²) in [4.78, 5) is 24.2. The highest BCUT2D eigenvalue weighted by atomic mass is 16.3. The van der Waals surface area contributed by atoms with Crippen LogP contribution in [0.3, 0.4) is 0 Å². The summed E-state index contributed by atoms with van der Waals surface area (Å²) < 4.78 is 0. The minimum absolute atomic E-state index is 0.00430. The van der Waals surface area contributed by atoms with E-state index in [1.807, 2.05) is 13.0 Å². The monoisotopic (exact) mass is 362 g/mol. The molecule has 5 heteroatoms. The SMILES string of the molecule is CC(=O)[C@@]1(O)CC[C@H]2[C@@H]3[C@H](O)[C@@H](O)C4CC(=O)C=C[C@]4(C)[C@H]3CC[C@@]21C. The van der Waals surface area contributed by atoms with Gasteiger partial charge in [0.1, 0.15) is 5.60 Å². The fourth-order valence-corrected chi connectivity index (χ4v) is 7.25. The zero-order valence-corrected chi connectivity index (χ0v) is 15.8. The Bertz CT molecular complexity index is 686. The molecule has 5 nitrogen and oxygen atoms in total. The summed E-state index contributed by atoms with van der Waals surface area (Å²) in [7, 11) is 0. The van der Waals surface area contributed by atoms with Gasteiger partial charge in [-0.15, -0.1) is 0 Å². The zero-order valence-electron chi connectivity index (χ0n) is 15.8. The third-order valence-corrected chi connectivity index (χ3v) is 8.87. The van der Waals surface area contributed by atoms with E-state index in [0.29, 0.717) is 12.8 Å². The predicted molar refractivity (Wildman–Crippen MR) is 95.1 cm³/mol. The van der Waals surface area contributed by atoms with Gasteiger partial charge >= 0.3 is 0 Å². The van der Waals surface area contributed by atoms with E-state index >= 15 is 0 Å². The molecule has 4 rings (SSSR count). The summed E-state index contributed by atoms with van der Waals surface area (Å²) in [5, 5.41) is 33.0. The highest BCUT2D eigenvalue weighted by molar-refractivity contribution is 5.91. The van der Waals surface area contributed by atoms with Crippen LogP contribution in [0.25, 0.3) is 0 Å². The lowest BCUT2D eigenvalue weighted by molar-refractivity contribution is -0.207. The van der Waals surface area contributed by atoms with Crippen molar-refractivity contribution in [2.75, 3.05) is 0 Å². The van der Waals surface area contributed by atoms with Gasteiger partial charge in [-0.1, -0.05) is 19.9 Å². The normalized spacial score (nSPS) is 55.8. The maximum atomic E-state index is 12.3. The molecule has 9 atom stereocenters. The minimum Gasteiger partial charge on any atom is -0.390 e. The maximum absolute atomic E-state index is 12.3. The molecule has 4 aliphatic carbocycles. The van der Waals surface area contributed by atoms with Crippen LogP contribution in [-0.4, -0.2) is 44.7 Å². The fourth-order valence-electron chi connectivity index (χ4n) is 7.25. The van der Waals surface area contributed by atoms with Gasteiger partial charge in [0.2, 0.25) is 0 Å². The number of allylic oxidation sites excluding steroid dienone is 2. The Labute approximate surface area is 154 Å². The number of fused-ring (bicyclic) bond motifs is 5. The van der Waals surface area contributed by atoms with Crippen molar-refractivity contribution in [3.8, 4) is 0 Å². The molecule has 0 saturated heterocycles. The second-order valence-electron chi connectivity index (χ2n) is 9.66. The maximum Gasteiger partial charge on any atom is 0.161 e. The molecule has 3 N–H and O–H groups in total. The van der Waals surface area contributed by atoms with Gasteiger partial charge in [-0.3, -0.25) is 9.59 Å². The molecule has 0 aliphatic heterocycles. The molecule has 1 unspecified atom stereocenters. The molecule has 144 valence electrons. The van der Waals surface area contributed by atoms with Crippen molar-refractivity contribution in [3.63, 3.8) is 0 Å². The molecule has 0 bridgehead atoms. The van der Waals surface area contributed by atoms with Gasteiger partial charge in [0.05, 0.1) is 12.2 Å². The van der Waals surface area contributed by atoms with Crippen LogP contribution in [0.1, 0.15) is 52.9 Å². The Morgan fingerprint density at radius 3 is 2.38 bits per heavy atom. The zero-order chi connectivity index (χ0) is 19.1. The topological polar surface area (TPSA) is 94.8 Å². The summed E-state index contributed by atoms with van der Waals surface area (Å²) >= 11 is 0. The van der Waals surface area contributed by atoms with Gasteiger partial charge in [0, 0.05) is 17.8 Å². The smallest absolute Gasteiger partial charge is 0.161 e. The van der Waals surface area contributed by atoms with Gasteiger partial charge in [-0.05, 0) is 61.9 Å². The quantitative estimate of drug-likeness (QED) is 0.659. The molecule has 0 aromatic rings. The number of hydrogen-bond donors (Lipinski definition) is 3. The first kappa shape index (κ1) is 18.3. The van der Waals surface area contributed by atoms with Crippen LogP contribution in [0.2, 0.25) is 0 Å². The fraction of sp³-hybridized carbons (Fsp3) is 0.810. The summed E-state index contributed by atoms with van der Waals surface area (Å²) in [5.41, 5.74) is -2.25. The van der Waals surface area contributed by atoms with Gasteiger partial charge in [0.15, 0.2) is 11.6 Å². The molecule has 0 spiro atoms. The second kappa shape index (κ2) is 5.49. The first-order valence-corrected chi connectivity index (χ1v) is 9.88. The van der Waals surface area contributed by atoms with E-state index in [1.54, 1.807) is 6.08 Å². The summed E-state index contributed by atoms with van der Waals surface area (Å²) in [6.07, 6.45) is 4.58. The highest BCUT2D eigenvalue weighted by Crippen LogP contribution is 2.67. The van der Waals surface area contributed by atoms with Crippen LogP contribution in [-0.2, 0) is 9.59 Å². The standard InChI is InChI=1S/C21H30O5/c1-11(22)21(26)9-6-14-16-13(5-8-20(14,21)3)19(2)7-4-12(23)10-15(19)17(24)18(16)25/h4,7,13-18,24-26H,5-6,8-10H2,1-3H3/t13-,14-,15?,16+,17-,18-,19+,20-,21-/m0/s1. The third-order valence-electron chi connectivity index (χ3n) is 8.87. The average Bonchev–Trinajstić information content (AvgIpc) is 2.87. The van der Waals surface area contributed by atoms with Crippen molar-refractivity contribution in [2.45, 2.75) is 70.7 Å². The Hall–Kier alpha value is -1.04. The molecule has 0 amide bonds. The largest absolute Gasteiger partial charge is 0.390 e. The van der Waals surface area contributed by atoms with Gasteiger partial charge < -0.3 is 15.3 Å². The van der Waals surface area contributed by atoms with E-state index in [2.05, 4.69) is 6.92 Å². The summed E-state index contributed by atoms with van der Waals surface area (Å²) in [6, 6.07) is 0. The Balaban J connectivity index is 1.78. The molecule has 0 aromatic heterocycles. The van der Waals surface area contributed by atoms with Crippen LogP contribution >= 0.6 is 0 Å². The number of Topliss-reactive ketones (excluding diaryl/α,β-unsaturated/α-hetero) is 1. The molecule has 4 aliphatic rings. The van der Waals surface area contributed by atoms with E-state index in [4.69, 9.17) is 0 Å². The predicted octanol–water partition coefficient (Wildman–Crippen LogP) is 1.64. The lowest BCUT2D eigenvalue weighted by Crippen LogP contribution is -2.64. The first-order chi connectivity index (χ1) is 12.1. The van der Waals surface area contributed by atoms with Gasteiger partial charge in [-0.2, -0.15) is 0 Å². The van der Waals surface area contributed by atoms with Crippen LogP contribution in [0.15, 0.2) is 12.2 Å². The van der Waals surface area contributed by atoms with Crippen LogP contribution in [0.4, 0.5) is 0 Å². The third kappa shape index (κ3) is 2.02. The minimum atomic E-state index is -1.34. The summed E-state index contributed by atoms with van der Waals surface area (Å²) in [6.45, 7) is 5.54. The Morgan fingerprint density at radius 2 is 1.73 bits per heavy atom. The first-order valence-electron chi connectivity index (χ1n) is 9.88. The molecular formula is C21H30O5. The van der Waals surface area contributed by atoms with Crippen LogP contribution in [0.5, 0.6) is 0 Å². The number of carbonyl (C=O) groups excluding carboxylic acids is 2. The Kier molecular flexibility index (Phi) is 3.87. The molecule has 0 aromatic carbocycles. The number of hydrogen-bond acceptors (Lipinski definition) is 5. The van der Waals surface area contributed by atoms with Crippen molar-refractivity contribution in [3.05, 3.63) is 12.2 Å². The molecule has 0 heterocycles. The highest BCUT2D eigenvalue weighted by Gasteiger charge is 2.68. The molecule has 3 fully saturated rings. The van der Waals surface area contributed by atoms with Crippen molar-refractivity contribution >= 4 is 11.6 Å². The van der Waals surface area contributed by atoms with Crippen molar-refractivity contribution < 1.29 is 24.9 Å². The van der Waals surface area contributed by atoms with E-state index in [9.17, 15) is 24.9 Å². The number of rotatable bonds is 1. The van der Waals surface area contributed by atoms with Crippen molar-refractivity contribution in [1.29, 1.82) is 0 Å². The number of carbonyl (C=O) groups is 2. The van der Waals surface area contributed by atoms with Gasteiger partial charge in [-0.25, -0.2) is 0 Å². The number of aliphatic hydroxyl groups excluding tert-OH is 2. The Morgan fingerprint density at radius 1 is 1.08 bits per heavy atom. The summed E-state index contributed by atoms with van der Waals surface area (Å²) in [5.74, 6) is -0.500. The van der Waals surface area contributed by atoms with Crippen LogP contribution in [0, 0.1) is 34.5 Å². The van der Waals surface area contributed by atoms with Crippen LogP contribution < -0.4 is 0 Å². The molecule has 26 heavy (non-hydrogen) atoms. The van der Waals surface area contributed by atoms with Crippen molar-refractivity contribution in [2.24, 2.45) is 34.5 Å². The molecule has 3 saturated carbocycles. The van der Waals surface area contributed by atoms with E-state index < -0.39 is 23.2 Å². The number of aliphatic hydroxyl groups is 3. The van der Waals surface area contributed by atoms with Crippen molar-refractivity contribution in [1.82, 2.24) is 0 Å². The second-order valence-corrected chi connectivity index (χ2v) is 9.66. The van der Waals surface area contributed by atoms with E-state index in [0.717, 1.165) is 12.8 Å². The number of ketones is 2. The average molecular weight is 362 g/mol. The molecular weight excluding hydrogens is 332 g/mol. The van der Waals surface area contributed by atoms with E-state index in [1.165, 1.54) is 6.92 Å². The lowest BCUT2D eigenvalue weighted by atomic mass is 9.44. The van der Waals surface area contributed by atoms with E-state index in [-0.39, 0.29) is 47.1 Å². The lowest BCUT2D eigenvalue weighted by Gasteiger charge is -2.62.